The van der Waals surface area contributed by atoms with E-state index in [1.807, 2.05) is 62.4 Å². The normalized spacial score (nSPS) is 10.7. The number of anilines is 1. The van der Waals surface area contributed by atoms with Crippen molar-refractivity contribution in [2.45, 2.75) is 19.0 Å². The fourth-order valence-corrected chi connectivity index (χ4v) is 4.25. The number of carboxylic acid groups (broad SMARTS) is 1. The summed E-state index contributed by atoms with van der Waals surface area (Å²) in [6.45, 7) is 4.03. The monoisotopic (exact) mass is 547 g/mol. The highest BCUT2D eigenvalue weighted by Gasteiger charge is 2.16. The van der Waals surface area contributed by atoms with Crippen LogP contribution in [0.15, 0.2) is 76.4 Å². The van der Waals surface area contributed by atoms with Crippen LogP contribution in [0.25, 0.3) is 22.5 Å². The molecule has 1 aromatic heterocycles. The maximum absolute atomic E-state index is 12.5. The van der Waals surface area contributed by atoms with Crippen LogP contribution in [0.4, 0.5) is 5.69 Å². The molecule has 4 aromatic rings. The molecular weight excluding hydrogens is 528 g/mol. The van der Waals surface area contributed by atoms with E-state index >= 15 is 0 Å². The molecule has 0 aliphatic carbocycles. The number of hydrogen-bond acceptors (Lipinski definition) is 7. The van der Waals surface area contributed by atoms with E-state index in [4.69, 9.17) is 4.98 Å². The average Bonchev–Trinajstić information content (AvgIpc) is 2.85. The van der Waals surface area contributed by atoms with Crippen LogP contribution in [0, 0.1) is 13.8 Å². The first-order valence-corrected chi connectivity index (χ1v) is 12.4. The largest absolute Gasteiger partial charge is 0.545 e. The summed E-state index contributed by atoms with van der Waals surface area (Å²) in [5.41, 5.74) is 5.41. The van der Waals surface area contributed by atoms with Gasteiger partial charge < -0.3 is 15.2 Å². The van der Waals surface area contributed by atoms with E-state index in [-0.39, 0.29) is 17.0 Å². The minimum Gasteiger partial charge on any atom is -0.545 e. The molecule has 1 heterocycles. The summed E-state index contributed by atoms with van der Waals surface area (Å²) in [5.74, 6) is -1.80. The molecule has 0 bridgehead atoms. The van der Waals surface area contributed by atoms with Crippen molar-refractivity contribution < 1.29 is 14.7 Å². The second kappa shape index (κ2) is 10.8. The van der Waals surface area contributed by atoms with E-state index in [1.165, 1.54) is 12.1 Å². The molecule has 0 radical (unpaired) electrons. The van der Waals surface area contributed by atoms with Gasteiger partial charge in [-0.05, 0) is 32.0 Å². The van der Waals surface area contributed by atoms with Gasteiger partial charge in [-0.25, -0.2) is 4.98 Å². The molecule has 0 fully saturated rings. The molecule has 176 valence electrons. The van der Waals surface area contributed by atoms with E-state index in [9.17, 15) is 14.7 Å². The van der Waals surface area contributed by atoms with Crippen LogP contribution in [0.5, 0.6) is 0 Å². The number of nitrogens with zero attached hydrogens (tertiary/aromatic N) is 3. The van der Waals surface area contributed by atoms with Crippen LogP contribution in [0.3, 0.4) is 0 Å². The summed E-state index contributed by atoms with van der Waals surface area (Å²) in [6, 6.07) is 20.5. The van der Waals surface area contributed by atoms with Gasteiger partial charge in [0.05, 0.1) is 11.7 Å². The molecule has 0 aliphatic rings. The number of amides is 1. The summed E-state index contributed by atoms with van der Waals surface area (Å²) in [4.78, 5) is 28.6. The number of rotatable bonds is 7. The Morgan fingerprint density at radius 2 is 1.49 bits per heavy atom. The van der Waals surface area contributed by atoms with Gasteiger partial charge >= 0.3 is 0 Å². The molecule has 0 spiro atoms. The van der Waals surface area contributed by atoms with Crippen molar-refractivity contribution in [1.29, 1.82) is 0 Å². The van der Waals surface area contributed by atoms with Crippen molar-refractivity contribution in [3.8, 4) is 22.5 Å². The lowest BCUT2D eigenvalue weighted by Gasteiger charge is -2.12. The number of carbonyl (C=O) groups excluding carboxylic acids is 2. The Kier molecular flexibility index (Phi) is 7.57. The molecule has 0 atom stereocenters. The summed E-state index contributed by atoms with van der Waals surface area (Å²) in [5, 5.41) is 23.0. The molecule has 1 N–H and O–H groups in total. The van der Waals surface area contributed by atoms with Crippen LogP contribution >= 0.6 is 27.7 Å². The van der Waals surface area contributed by atoms with Crippen molar-refractivity contribution in [2.75, 3.05) is 11.1 Å². The van der Waals surface area contributed by atoms with Gasteiger partial charge in [-0.1, -0.05) is 87.3 Å². The van der Waals surface area contributed by atoms with Gasteiger partial charge in [0.1, 0.15) is 11.4 Å². The molecule has 0 aliphatic heterocycles. The number of benzene rings is 3. The van der Waals surface area contributed by atoms with E-state index in [0.29, 0.717) is 21.0 Å². The summed E-state index contributed by atoms with van der Waals surface area (Å²) in [6.07, 6.45) is 0. The molecule has 3 aromatic carbocycles. The Balaban J connectivity index is 1.57. The molecule has 1 amide bonds. The second-order valence-corrected chi connectivity index (χ2v) is 9.70. The fourth-order valence-electron chi connectivity index (χ4n) is 3.30. The van der Waals surface area contributed by atoms with E-state index in [1.54, 1.807) is 6.07 Å². The van der Waals surface area contributed by atoms with Crippen molar-refractivity contribution in [3.63, 3.8) is 0 Å². The topological polar surface area (TPSA) is 108 Å². The fraction of sp³-hybridized carbons (Fsp3) is 0.115. The maximum Gasteiger partial charge on any atom is 0.234 e. The number of thioether (sulfide) groups is 1. The van der Waals surface area contributed by atoms with E-state index < -0.39 is 11.9 Å². The lowest BCUT2D eigenvalue weighted by Crippen LogP contribution is -2.25. The zero-order valence-corrected chi connectivity index (χ0v) is 21.3. The lowest BCUT2D eigenvalue weighted by molar-refractivity contribution is -0.254. The van der Waals surface area contributed by atoms with Gasteiger partial charge in [-0.15, -0.1) is 10.2 Å². The molecule has 9 heteroatoms. The van der Waals surface area contributed by atoms with Gasteiger partial charge in [0.15, 0.2) is 0 Å². The second-order valence-electron chi connectivity index (χ2n) is 7.84. The first-order valence-electron chi connectivity index (χ1n) is 10.6. The number of halogens is 1. The highest BCUT2D eigenvalue weighted by atomic mass is 79.9. The van der Waals surface area contributed by atoms with Crippen LogP contribution in [0.1, 0.15) is 21.5 Å². The number of hydrogen-bond donors (Lipinski definition) is 1. The highest BCUT2D eigenvalue weighted by molar-refractivity contribution is 9.10. The van der Waals surface area contributed by atoms with Crippen LogP contribution < -0.4 is 10.4 Å². The van der Waals surface area contributed by atoms with Crippen molar-refractivity contribution in [1.82, 2.24) is 15.2 Å². The quantitative estimate of drug-likeness (QED) is 0.334. The lowest BCUT2D eigenvalue weighted by atomic mass is 10.0. The molecule has 0 saturated heterocycles. The van der Waals surface area contributed by atoms with Gasteiger partial charge in [-0.3, -0.25) is 4.79 Å². The summed E-state index contributed by atoms with van der Waals surface area (Å²) in [7, 11) is 0. The van der Waals surface area contributed by atoms with Crippen molar-refractivity contribution in [3.05, 3.63) is 87.9 Å². The van der Waals surface area contributed by atoms with Crippen LogP contribution in [-0.2, 0) is 4.79 Å². The third-order valence-electron chi connectivity index (χ3n) is 5.13. The number of carboxylic acids is 1. The Labute approximate surface area is 215 Å². The molecule has 7 nitrogen and oxygen atoms in total. The van der Waals surface area contributed by atoms with E-state index in [0.717, 1.165) is 34.0 Å². The minimum atomic E-state index is -1.38. The Bertz CT molecular complexity index is 1390. The summed E-state index contributed by atoms with van der Waals surface area (Å²) >= 11 is 4.33. The minimum absolute atomic E-state index is 0.0263. The Hall–Kier alpha value is -3.56. The number of aromatic nitrogens is 3. The first kappa shape index (κ1) is 24.6. The standard InChI is InChI=1S/C26H21BrN4O3S/c1-15-3-7-17(8-4-15)23-24(18-9-5-16(2)6-10-18)30-31-26(29-23)35-14-22(32)28-21-12-11-19(27)13-20(21)25(33)34/h3-13H,14H2,1-2H3,(H,28,32)(H,33,34)/p-1. The van der Waals surface area contributed by atoms with Crippen molar-refractivity contribution >= 4 is 45.3 Å². The SMILES string of the molecule is Cc1ccc(-c2nnc(SCC(=O)Nc3ccc(Br)cc3C(=O)[O-])nc2-c2ccc(C)cc2)cc1. The highest BCUT2D eigenvalue weighted by Crippen LogP contribution is 2.30. The predicted octanol–water partition coefficient (Wildman–Crippen LogP) is 4.68. The van der Waals surface area contributed by atoms with Gasteiger partial charge in [0, 0.05) is 26.9 Å². The van der Waals surface area contributed by atoms with Gasteiger partial charge in [0.2, 0.25) is 11.1 Å². The molecule has 35 heavy (non-hydrogen) atoms. The van der Waals surface area contributed by atoms with Gasteiger partial charge in [-0.2, -0.15) is 0 Å². The zero-order chi connectivity index (χ0) is 24.9. The molecule has 0 saturated carbocycles. The number of aryl methyl sites for hydroxylation is 2. The van der Waals surface area contributed by atoms with Gasteiger partial charge in [0.25, 0.3) is 0 Å². The maximum atomic E-state index is 12.5. The molecular formula is C26H20BrN4O3S-. The van der Waals surface area contributed by atoms with Crippen molar-refractivity contribution in [2.24, 2.45) is 0 Å². The first-order chi connectivity index (χ1) is 16.8. The third-order valence-corrected chi connectivity index (χ3v) is 6.46. The number of carbonyl (C=O) groups is 2. The molecule has 4 rings (SSSR count). The zero-order valence-electron chi connectivity index (χ0n) is 18.9. The summed E-state index contributed by atoms with van der Waals surface area (Å²) < 4.78 is 0.570. The predicted molar refractivity (Wildman–Crippen MR) is 138 cm³/mol. The Morgan fingerprint density at radius 3 is 2.09 bits per heavy atom. The average molecular weight is 548 g/mol. The van der Waals surface area contributed by atoms with Crippen LogP contribution in [-0.4, -0.2) is 32.8 Å². The van der Waals surface area contributed by atoms with Crippen LogP contribution in [0.2, 0.25) is 0 Å². The smallest absolute Gasteiger partial charge is 0.234 e. The third kappa shape index (κ3) is 6.12. The Morgan fingerprint density at radius 1 is 0.886 bits per heavy atom. The number of nitrogens with one attached hydrogen (secondary N) is 1. The number of aromatic carboxylic acids is 1. The molecule has 0 unspecified atom stereocenters. The van der Waals surface area contributed by atoms with E-state index in [2.05, 4.69) is 31.4 Å².